The second-order valence-corrected chi connectivity index (χ2v) is 7.54. The molecule has 1 amide bonds. The van der Waals surface area contributed by atoms with Crippen LogP contribution in [0.25, 0.3) is 0 Å². The molecule has 0 radical (unpaired) electrons. The summed E-state index contributed by atoms with van der Waals surface area (Å²) in [5, 5.41) is 0. The lowest BCUT2D eigenvalue weighted by atomic mass is 9.76. The summed E-state index contributed by atoms with van der Waals surface area (Å²) in [6.45, 7) is 2.92. The van der Waals surface area contributed by atoms with Crippen LogP contribution < -0.4 is 9.47 Å². The van der Waals surface area contributed by atoms with E-state index >= 15 is 0 Å². The van der Waals surface area contributed by atoms with Gasteiger partial charge in [0.2, 0.25) is 0 Å². The number of carbonyl (C=O) groups excluding carboxylic acids is 1. The van der Waals surface area contributed by atoms with Gasteiger partial charge >= 0.3 is 6.09 Å². The molecular weight excluding hydrogens is 332 g/mol. The highest BCUT2D eigenvalue weighted by Gasteiger charge is 2.44. The van der Waals surface area contributed by atoms with E-state index in [9.17, 15) is 4.79 Å². The maximum atomic E-state index is 12.3. The molecule has 26 heavy (non-hydrogen) atoms. The zero-order valence-electron chi connectivity index (χ0n) is 15.9. The molecule has 6 heteroatoms. The van der Waals surface area contributed by atoms with Crippen LogP contribution in [0.2, 0.25) is 0 Å². The van der Waals surface area contributed by atoms with Gasteiger partial charge < -0.3 is 19.1 Å². The van der Waals surface area contributed by atoms with Crippen molar-refractivity contribution in [3.05, 3.63) is 23.3 Å². The largest absolute Gasteiger partial charge is 0.493 e. The Kier molecular flexibility index (Phi) is 4.69. The fourth-order valence-corrected chi connectivity index (χ4v) is 5.12. The van der Waals surface area contributed by atoms with Crippen molar-refractivity contribution in [1.82, 2.24) is 9.80 Å². The molecule has 0 spiro atoms. The maximum Gasteiger partial charge on any atom is 0.409 e. The van der Waals surface area contributed by atoms with Gasteiger partial charge in [-0.2, -0.15) is 0 Å². The molecule has 142 valence electrons. The van der Waals surface area contributed by atoms with Crippen molar-refractivity contribution < 1.29 is 19.0 Å². The first-order chi connectivity index (χ1) is 12.7. The van der Waals surface area contributed by atoms with Gasteiger partial charge in [0, 0.05) is 31.7 Å². The lowest BCUT2D eigenvalue weighted by Gasteiger charge is -2.51. The Balaban J connectivity index is 1.66. The highest BCUT2D eigenvalue weighted by atomic mass is 16.5. The predicted octanol–water partition coefficient (Wildman–Crippen LogP) is 2.85. The van der Waals surface area contributed by atoms with Gasteiger partial charge in [-0.3, -0.25) is 4.90 Å². The number of amides is 1. The van der Waals surface area contributed by atoms with Gasteiger partial charge in [0.1, 0.15) is 0 Å². The zero-order valence-corrected chi connectivity index (χ0v) is 15.9. The smallest absolute Gasteiger partial charge is 0.409 e. The van der Waals surface area contributed by atoms with E-state index in [0.29, 0.717) is 12.0 Å². The number of methoxy groups -OCH3 is 3. The third-order valence-corrected chi connectivity index (χ3v) is 6.37. The molecular formula is C20H28N2O4. The summed E-state index contributed by atoms with van der Waals surface area (Å²) in [5.74, 6) is 2.12. The van der Waals surface area contributed by atoms with Gasteiger partial charge in [0.05, 0.1) is 21.3 Å². The second-order valence-electron chi connectivity index (χ2n) is 7.54. The van der Waals surface area contributed by atoms with Gasteiger partial charge in [0.15, 0.2) is 11.5 Å². The molecule has 3 aliphatic heterocycles. The Morgan fingerprint density at radius 2 is 1.88 bits per heavy atom. The van der Waals surface area contributed by atoms with Crippen LogP contribution in [0.3, 0.4) is 0 Å². The van der Waals surface area contributed by atoms with E-state index in [1.165, 1.54) is 24.7 Å². The summed E-state index contributed by atoms with van der Waals surface area (Å²) in [5.41, 5.74) is 2.66. The van der Waals surface area contributed by atoms with E-state index < -0.39 is 0 Å². The number of piperidine rings is 2. The Morgan fingerprint density at radius 1 is 1.12 bits per heavy atom. The molecule has 2 fully saturated rings. The van der Waals surface area contributed by atoms with E-state index in [2.05, 4.69) is 17.0 Å². The normalized spacial score (nSPS) is 27.8. The zero-order chi connectivity index (χ0) is 18.3. The highest BCUT2D eigenvalue weighted by molar-refractivity contribution is 5.68. The van der Waals surface area contributed by atoms with Crippen LogP contribution in [0.1, 0.15) is 36.4 Å². The molecule has 4 rings (SSSR count). The quantitative estimate of drug-likeness (QED) is 0.812. The van der Waals surface area contributed by atoms with Crippen molar-refractivity contribution in [2.24, 2.45) is 5.92 Å². The number of fused-ring (bicyclic) bond motifs is 4. The average molecular weight is 360 g/mol. The summed E-state index contributed by atoms with van der Waals surface area (Å²) in [7, 11) is 4.84. The number of carbonyl (C=O) groups is 1. The Bertz CT molecular complexity index is 693. The third-order valence-electron chi connectivity index (χ3n) is 6.37. The number of likely N-dealkylation sites (tertiary alicyclic amines) is 1. The molecule has 0 aromatic heterocycles. The first-order valence-corrected chi connectivity index (χ1v) is 9.49. The number of ether oxygens (including phenoxy) is 3. The third kappa shape index (κ3) is 2.80. The number of rotatable bonds is 2. The van der Waals surface area contributed by atoms with Crippen LogP contribution in [-0.4, -0.2) is 62.9 Å². The van der Waals surface area contributed by atoms with Gasteiger partial charge in [-0.1, -0.05) is 0 Å². The molecule has 3 atom stereocenters. The number of nitrogens with zero attached hydrogens (tertiary/aromatic N) is 2. The van der Waals surface area contributed by atoms with E-state index in [0.717, 1.165) is 50.4 Å². The standard InChI is InChI=1S/C20H28N2O4/c1-24-18-9-13-6-8-21-12-14-5-4-7-22(20(23)26-3)16(14)11-17(21)15(13)10-19(18)25-2/h9-10,14,16-17H,4-8,11-12H2,1-3H3. The first kappa shape index (κ1) is 17.5. The van der Waals surface area contributed by atoms with Crippen LogP contribution in [-0.2, 0) is 11.2 Å². The van der Waals surface area contributed by atoms with Crippen LogP contribution >= 0.6 is 0 Å². The number of hydrogen-bond donors (Lipinski definition) is 0. The summed E-state index contributed by atoms with van der Waals surface area (Å²) in [4.78, 5) is 16.8. The van der Waals surface area contributed by atoms with Crippen LogP contribution in [0, 0.1) is 5.92 Å². The van der Waals surface area contributed by atoms with Crippen LogP contribution in [0.5, 0.6) is 11.5 Å². The molecule has 0 aliphatic carbocycles. The minimum Gasteiger partial charge on any atom is -0.493 e. The summed E-state index contributed by atoms with van der Waals surface area (Å²) in [6, 6.07) is 4.84. The molecule has 2 saturated heterocycles. The van der Waals surface area contributed by atoms with Crippen molar-refractivity contribution >= 4 is 6.09 Å². The average Bonchev–Trinajstić information content (AvgIpc) is 2.70. The van der Waals surface area contributed by atoms with Gasteiger partial charge in [0.25, 0.3) is 0 Å². The van der Waals surface area contributed by atoms with Crippen molar-refractivity contribution in [2.75, 3.05) is 41.0 Å². The summed E-state index contributed by atoms with van der Waals surface area (Å²) >= 11 is 0. The van der Waals surface area contributed by atoms with Crippen molar-refractivity contribution in [2.45, 2.75) is 37.8 Å². The maximum absolute atomic E-state index is 12.3. The monoisotopic (exact) mass is 360 g/mol. The molecule has 0 saturated carbocycles. The Morgan fingerprint density at radius 3 is 2.62 bits per heavy atom. The molecule has 6 nitrogen and oxygen atoms in total. The second kappa shape index (κ2) is 6.99. The highest BCUT2D eigenvalue weighted by Crippen LogP contribution is 2.45. The summed E-state index contributed by atoms with van der Waals surface area (Å²) < 4.78 is 16.1. The summed E-state index contributed by atoms with van der Waals surface area (Å²) in [6.07, 6.45) is 4.07. The minimum absolute atomic E-state index is 0.184. The molecule has 3 aliphatic rings. The molecule has 0 N–H and O–H groups in total. The number of hydrogen-bond acceptors (Lipinski definition) is 5. The minimum atomic E-state index is -0.184. The predicted molar refractivity (Wildman–Crippen MR) is 97.8 cm³/mol. The first-order valence-electron chi connectivity index (χ1n) is 9.49. The fraction of sp³-hybridized carbons (Fsp3) is 0.650. The molecule has 3 unspecified atom stereocenters. The van der Waals surface area contributed by atoms with Crippen molar-refractivity contribution in [1.29, 1.82) is 0 Å². The lowest BCUT2D eigenvalue weighted by Crippen LogP contribution is -2.57. The van der Waals surface area contributed by atoms with Crippen LogP contribution in [0.15, 0.2) is 12.1 Å². The lowest BCUT2D eigenvalue weighted by molar-refractivity contribution is -0.00849. The van der Waals surface area contributed by atoms with Crippen molar-refractivity contribution in [3.8, 4) is 11.5 Å². The van der Waals surface area contributed by atoms with Gasteiger partial charge in [-0.25, -0.2) is 4.79 Å². The van der Waals surface area contributed by atoms with Gasteiger partial charge in [-0.15, -0.1) is 0 Å². The fourth-order valence-electron chi connectivity index (χ4n) is 5.12. The van der Waals surface area contributed by atoms with Crippen LogP contribution in [0.4, 0.5) is 4.79 Å². The number of benzene rings is 1. The molecule has 3 heterocycles. The SMILES string of the molecule is COC(=O)N1CCCC2CN3CCc4cc(OC)c(OC)cc4C3CC21. The van der Waals surface area contributed by atoms with E-state index in [1.54, 1.807) is 14.2 Å². The van der Waals surface area contributed by atoms with E-state index in [4.69, 9.17) is 14.2 Å². The van der Waals surface area contributed by atoms with E-state index in [1.807, 2.05) is 4.90 Å². The van der Waals surface area contributed by atoms with E-state index in [-0.39, 0.29) is 12.1 Å². The van der Waals surface area contributed by atoms with Gasteiger partial charge in [-0.05, 0) is 54.9 Å². The molecule has 1 aromatic carbocycles. The Labute approximate surface area is 155 Å². The Hall–Kier alpha value is -1.95. The molecule has 0 bridgehead atoms. The topological polar surface area (TPSA) is 51.2 Å². The molecule has 1 aromatic rings. The van der Waals surface area contributed by atoms with Crippen molar-refractivity contribution in [3.63, 3.8) is 0 Å².